The van der Waals surface area contributed by atoms with E-state index in [2.05, 4.69) is 13.8 Å². The average Bonchev–Trinajstić information content (AvgIpc) is 2.85. The number of esters is 1. The van der Waals surface area contributed by atoms with Crippen LogP contribution in [-0.4, -0.2) is 25.8 Å². The van der Waals surface area contributed by atoms with Crippen LogP contribution in [0.25, 0.3) is 6.08 Å². The first-order chi connectivity index (χ1) is 16.7. The summed E-state index contributed by atoms with van der Waals surface area (Å²) in [6.45, 7) is 8.23. The minimum atomic E-state index is -0.443. The molecule has 0 aliphatic carbocycles. The molecule has 5 heteroatoms. The van der Waals surface area contributed by atoms with Gasteiger partial charge in [-0.2, -0.15) is 0 Å². The zero-order valence-corrected chi connectivity index (χ0v) is 21.0. The van der Waals surface area contributed by atoms with Gasteiger partial charge in [0.05, 0.1) is 19.8 Å². The van der Waals surface area contributed by atoms with Crippen molar-refractivity contribution in [3.63, 3.8) is 0 Å². The minimum Gasteiger partial charge on any atom is -0.494 e. The molecule has 34 heavy (non-hydrogen) atoms. The van der Waals surface area contributed by atoms with Crippen molar-refractivity contribution < 1.29 is 23.7 Å². The number of unbranched alkanes of at least 4 members (excludes halogenated alkanes) is 6. The largest absolute Gasteiger partial charge is 0.494 e. The van der Waals surface area contributed by atoms with Gasteiger partial charge in [-0.05, 0) is 67.8 Å². The third kappa shape index (κ3) is 10.8. The second kappa shape index (κ2) is 16.6. The van der Waals surface area contributed by atoms with E-state index in [4.69, 9.17) is 18.9 Å². The molecule has 0 fully saturated rings. The van der Waals surface area contributed by atoms with E-state index >= 15 is 0 Å². The van der Waals surface area contributed by atoms with Crippen molar-refractivity contribution in [1.29, 1.82) is 0 Å². The van der Waals surface area contributed by atoms with Crippen LogP contribution in [0.1, 0.15) is 77.7 Å². The first-order valence-electron chi connectivity index (χ1n) is 12.7. The molecule has 0 atom stereocenters. The van der Waals surface area contributed by atoms with E-state index in [0.717, 1.165) is 42.7 Å². The van der Waals surface area contributed by atoms with Crippen molar-refractivity contribution >= 4 is 12.0 Å². The first kappa shape index (κ1) is 27.3. The van der Waals surface area contributed by atoms with Gasteiger partial charge in [0.1, 0.15) is 11.5 Å². The second-order valence-electron chi connectivity index (χ2n) is 8.18. The number of benzene rings is 2. The summed E-state index contributed by atoms with van der Waals surface area (Å²) in [5.41, 5.74) is 0.839. The van der Waals surface area contributed by atoms with Gasteiger partial charge in [0.25, 0.3) is 0 Å². The molecule has 0 aromatic heterocycles. The Hall–Kier alpha value is -2.95. The molecule has 0 saturated heterocycles. The highest BCUT2D eigenvalue weighted by molar-refractivity contribution is 5.88. The SMILES string of the molecule is CCCCCCCOc1ccc(C=CC(=O)Oc2ccc(OCCCCC)cc2)cc1OCC. The Kier molecular flexibility index (Phi) is 13.4. The van der Waals surface area contributed by atoms with Gasteiger partial charge in [-0.15, -0.1) is 0 Å². The van der Waals surface area contributed by atoms with Crippen LogP contribution >= 0.6 is 0 Å². The van der Waals surface area contributed by atoms with Gasteiger partial charge < -0.3 is 18.9 Å². The Balaban J connectivity index is 1.86. The molecular weight excluding hydrogens is 428 g/mol. The lowest BCUT2D eigenvalue weighted by molar-refractivity contribution is -0.128. The third-order valence-corrected chi connectivity index (χ3v) is 5.24. The lowest BCUT2D eigenvalue weighted by Crippen LogP contribution is -2.04. The van der Waals surface area contributed by atoms with Crippen molar-refractivity contribution in [3.05, 3.63) is 54.1 Å². The van der Waals surface area contributed by atoms with Crippen LogP contribution in [0.15, 0.2) is 48.5 Å². The molecule has 0 heterocycles. The molecule has 186 valence electrons. The molecule has 0 aliphatic heterocycles. The van der Waals surface area contributed by atoms with Gasteiger partial charge in [-0.1, -0.05) is 58.4 Å². The molecule has 2 aromatic carbocycles. The molecule has 2 rings (SSSR count). The van der Waals surface area contributed by atoms with E-state index in [-0.39, 0.29) is 0 Å². The topological polar surface area (TPSA) is 54.0 Å². The summed E-state index contributed by atoms with van der Waals surface area (Å²) in [7, 11) is 0. The van der Waals surface area contributed by atoms with Crippen LogP contribution in [0.3, 0.4) is 0 Å². The Labute approximate surface area is 205 Å². The van der Waals surface area contributed by atoms with Gasteiger partial charge in [0.15, 0.2) is 11.5 Å². The summed E-state index contributed by atoms with van der Waals surface area (Å²) in [6.07, 6.45) is 12.4. The van der Waals surface area contributed by atoms with Crippen molar-refractivity contribution in [1.82, 2.24) is 0 Å². The number of ether oxygens (including phenoxy) is 4. The Morgan fingerprint density at radius 2 is 1.35 bits per heavy atom. The first-order valence-corrected chi connectivity index (χ1v) is 12.7. The molecular formula is C29H40O5. The van der Waals surface area contributed by atoms with Gasteiger partial charge in [0.2, 0.25) is 0 Å². The molecule has 0 spiro atoms. The van der Waals surface area contributed by atoms with Gasteiger partial charge in [-0.3, -0.25) is 0 Å². The maximum Gasteiger partial charge on any atom is 0.336 e. The second-order valence-corrected chi connectivity index (χ2v) is 8.18. The molecule has 5 nitrogen and oxygen atoms in total. The molecule has 2 aromatic rings. The van der Waals surface area contributed by atoms with E-state index in [1.54, 1.807) is 18.2 Å². The standard InChI is InChI=1S/C29H40O5/c1-4-7-9-10-12-22-33-27-19-13-24(23-28(27)31-6-3)14-20-29(30)34-26-17-15-25(16-18-26)32-21-11-8-5-2/h13-20,23H,4-12,21-22H2,1-3H3. The Morgan fingerprint density at radius 1 is 0.706 bits per heavy atom. The monoisotopic (exact) mass is 468 g/mol. The summed E-state index contributed by atoms with van der Waals surface area (Å²) in [6, 6.07) is 12.8. The summed E-state index contributed by atoms with van der Waals surface area (Å²) >= 11 is 0. The predicted molar refractivity (Wildman–Crippen MR) is 138 cm³/mol. The fraction of sp³-hybridized carbons (Fsp3) is 0.483. The Bertz CT molecular complexity index is 857. The van der Waals surface area contributed by atoms with Crippen LogP contribution in [0.5, 0.6) is 23.0 Å². The highest BCUT2D eigenvalue weighted by atomic mass is 16.5. The number of hydrogen-bond acceptors (Lipinski definition) is 5. The minimum absolute atomic E-state index is 0.443. The summed E-state index contributed by atoms with van der Waals surface area (Å²) in [5, 5.41) is 0. The van der Waals surface area contributed by atoms with Gasteiger partial charge in [0, 0.05) is 6.08 Å². The molecule has 0 N–H and O–H groups in total. The fourth-order valence-corrected chi connectivity index (χ4v) is 3.36. The molecule has 0 unspecified atom stereocenters. The summed E-state index contributed by atoms with van der Waals surface area (Å²) in [4.78, 5) is 12.2. The summed E-state index contributed by atoms with van der Waals surface area (Å²) < 4.78 is 22.7. The van der Waals surface area contributed by atoms with Crippen molar-refractivity contribution in [2.45, 2.75) is 72.1 Å². The molecule has 0 radical (unpaired) electrons. The Morgan fingerprint density at radius 3 is 2.09 bits per heavy atom. The van der Waals surface area contributed by atoms with Crippen LogP contribution in [0, 0.1) is 0 Å². The maximum absolute atomic E-state index is 12.2. The van der Waals surface area contributed by atoms with Gasteiger partial charge in [-0.25, -0.2) is 4.79 Å². The predicted octanol–water partition coefficient (Wildman–Crippen LogP) is 7.62. The molecule has 0 aliphatic rings. The van der Waals surface area contributed by atoms with Crippen molar-refractivity contribution in [2.75, 3.05) is 19.8 Å². The van der Waals surface area contributed by atoms with Crippen LogP contribution < -0.4 is 18.9 Å². The van der Waals surface area contributed by atoms with E-state index in [1.165, 1.54) is 31.8 Å². The highest BCUT2D eigenvalue weighted by Crippen LogP contribution is 2.29. The molecule has 0 amide bonds. The van der Waals surface area contributed by atoms with E-state index in [1.807, 2.05) is 37.3 Å². The van der Waals surface area contributed by atoms with Crippen molar-refractivity contribution in [3.8, 4) is 23.0 Å². The molecule has 0 bridgehead atoms. The lowest BCUT2D eigenvalue weighted by atomic mass is 10.1. The smallest absolute Gasteiger partial charge is 0.336 e. The van der Waals surface area contributed by atoms with Gasteiger partial charge >= 0.3 is 5.97 Å². The zero-order chi connectivity index (χ0) is 24.4. The average molecular weight is 469 g/mol. The van der Waals surface area contributed by atoms with Crippen LogP contribution in [0.2, 0.25) is 0 Å². The van der Waals surface area contributed by atoms with Crippen molar-refractivity contribution in [2.24, 2.45) is 0 Å². The zero-order valence-electron chi connectivity index (χ0n) is 21.0. The van der Waals surface area contributed by atoms with E-state index in [9.17, 15) is 4.79 Å². The number of carbonyl (C=O) groups is 1. The number of carbonyl (C=O) groups excluding carboxylic acids is 1. The third-order valence-electron chi connectivity index (χ3n) is 5.24. The quantitative estimate of drug-likeness (QED) is 0.103. The summed E-state index contributed by atoms with van der Waals surface area (Å²) in [5.74, 6) is 2.23. The number of rotatable bonds is 17. The normalized spacial score (nSPS) is 10.9. The molecule has 0 saturated carbocycles. The number of hydrogen-bond donors (Lipinski definition) is 0. The fourth-order valence-electron chi connectivity index (χ4n) is 3.36. The van der Waals surface area contributed by atoms with Crippen LogP contribution in [-0.2, 0) is 4.79 Å². The highest BCUT2D eigenvalue weighted by Gasteiger charge is 2.07. The van der Waals surface area contributed by atoms with Crippen LogP contribution in [0.4, 0.5) is 0 Å². The van der Waals surface area contributed by atoms with E-state index in [0.29, 0.717) is 31.3 Å². The lowest BCUT2D eigenvalue weighted by Gasteiger charge is -2.12. The van der Waals surface area contributed by atoms with E-state index < -0.39 is 5.97 Å². The maximum atomic E-state index is 12.2.